The van der Waals surface area contributed by atoms with Crippen molar-refractivity contribution in [3.8, 4) is 0 Å². The second-order valence-corrected chi connectivity index (χ2v) is 12.3. The van der Waals surface area contributed by atoms with E-state index in [0.717, 1.165) is 0 Å². The quantitative estimate of drug-likeness (QED) is 0.401. The molecule has 2 N–H and O–H groups in total. The fourth-order valence-electron chi connectivity index (χ4n) is 5.51. The molecule has 0 aliphatic carbocycles. The molecule has 1 saturated heterocycles. The third-order valence-electron chi connectivity index (χ3n) is 7.85. The van der Waals surface area contributed by atoms with Crippen molar-refractivity contribution in [3.63, 3.8) is 0 Å². The fraction of sp³-hybridized carbons (Fsp3) is 0.448. The number of aliphatic carboxylic acids is 1. The number of alkyl halides is 2. The smallest absolute Gasteiger partial charge is 0.338 e. The lowest BCUT2D eigenvalue weighted by atomic mass is 9.89. The number of fused-ring (bicyclic) bond motifs is 1. The molecular formula is C29H31F3N6O5S. The van der Waals surface area contributed by atoms with Crippen LogP contribution in [0.15, 0.2) is 51.1 Å². The Bertz CT molecular complexity index is 1570. The number of nitrogens with zero attached hydrogens (tertiary/aromatic N) is 5. The van der Waals surface area contributed by atoms with Crippen LogP contribution in [0.1, 0.15) is 49.4 Å². The Kier molecular flexibility index (Phi) is 8.37. The van der Waals surface area contributed by atoms with Gasteiger partial charge in [-0.05, 0) is 44.9 Å². The molecule has 44 heavy (non-hydrogen) atoms. The summed E-state index contributed by atoms with van der Waals surface area (Å²) in [7, 11) is 0. The van der Waals surface area contributed by atoms with Crippen LogP contribution < -0.4 is 5.32 Å². The number of hydrogen-bond acceptors (Lipinski definition) is 10. The lowest BCUT2D eigenvalue weighted by Crippen LogP contribution is -2.49. The number of likely N-dealkylation sites (tertiary alicyclic amines) is 1. The van der Waals surface area contributed by atoms with E-state index in [1.807, 2.05) is 0 Å². The maximum absolute atomic E-state index is 15.6. The summed E-state index contributed by atoms with van der Waals surface area (Å²) in [5, 5.41) is 19.4. The Morgan fingerprint density at radius 1 is 1.27 bits per heavy atom. The highest BCUT2D eigenvalue weighted by molar-refractivity contribution is 7.11. The van der Waals surface area contributed by atoms with Crippen LogP contribution in [0.25, 0.3) is 0 Å². The van der Waals surface area contributed by atoms with Gasteiger partial charge in [0.15, 0.2) is 10.8 Å². The Morgan fingerprint density at radius 2 is 2.02 bits per heavy atom. The number of amidine groups is 1. The molecule has 3 atom stereocenters. The number of carboxylic acid groups (broad SMARTS) is 1. The number of esters is 1. The molecule has 4 heterocycles. The highest BCUT2D eigenvalue weighted by Crippen LogP contribution is 2.41. The molecular weight excluding hydrogens is 601 g/mol. The minimum Gasteiger partial charge on any atom is -0.481 e. The number of aromatic nitrogens is 1. The first kappa shape index (κ1) is 31.3. The number of ether oxygens (including phenoxy) is 1. The number of aliphatic imine (C=N–C) groups is 1. The first-order chi connectivity index (χ1) is 20.7. The minimum absolute atomic E-state index is 0.0242. The van der Waals surface area contributed by atoms with Gasteiger partial charge in [-0.15, -0.1) is 11.3 Å². The Balaban J connectivity index is 1.53. The van der Waals surface area contributed by atoms with Crippen LogP contribution in [0, 0.1) is 18.2 Å². The average molecular weight is 633 g/mol. The maximum atomic E-state index is 15.6. The van der Waals surface area contributed by atoms with E-state index in [2.05, 4.69) is 15.4 Å². The van der Waals surface area contributed by atoms with Gasteiger partial charge in [-0.3, -0.25) is 19.5 Å². The summed E-state index contributed by atoms with van der Waals surface area (Å²) < 4.78 is 51.2. The Hall–Kier alpha value is -4.11. The van der Waals surface area contributed by atoms with Gasteiger partial charge in [0, 0.05) is 36.5 Å². The van der Waals surface area contributed by atoms with Crippen molar-refractivity contribution in [2.45, 2.75) is 58.2 Å². The molecule has 1 fully saturated rings. The number of amides is 1. The van der Waals surface area contributed by atoms with Crippen molar-refractivity contribution in [2.24, 2.45) is 15.5 Å². The predicted octanol–water partition coefficient (Wildman–Crippen LogP) is 3.52. The Morgan fingerprint density at radius 3 is 2.68 bits per heavy atom. The van der Waals surface area contributed by atoms with Crippen molar-refractivity contribution in [3.05, 3.63) is 63.0 Å². The summed E-state index contributed by atoms with van der Waals surface area (Å²) in [5.41, 5.74) is -0.597. The molecule has 5 rings (SSSR count). The topological polar surface area (TPSA) is 137 Å². The van der Waals surface area contributed by atoms with E-state index in [1.165, 1.54) is 48.4 Å². The second kappa shape index (κ2) is 11.8. The van der Waals surface area contributed by atoms with Crippen LogP contribution >= 0.6 is 11.3 Å². The van der Waals surface area contributed by atoms with E-state index in [0.29, 0.717) is 15.6 Å². The van der Waals surface area contributed by atoms with E-state index in [9.17, 15) is 23.9 Å². The zero-order valence-electron chi connectivity index (χ0n) is 24.4. The third kappa shape index (κ3) is 5.73. The lowest BCUT2D eigenvalue weighted by molar-refractivity contribution is -0.154. The van der Waals surface area contributed by atoms with E-state index < -0.39 is 66.1 Å². The fourth-order valence-corrected chi connectivity index (χ4v) is 6.10. The van der Waals surface area contributed by atoms with Gasteiger partial charge in [-0.25, -0.2) is 28.0 Å². The number of carbonyl (C=O) groups excluding carboxylic acids is 2. The molecule has 3 aliphatic heterocycles. The zero-order valence-corrected chi connectivity index (χ0v) is 25.2. The molecule has 3 aliphatic rings. The van der Waals surface area contributed by atoms with Gasteiger partial charge >= 0.3 is 11.9 Å². The number of nitrogens with one attached hydrogen (secondary N) is 1. The molecule has 2 aromatic rings. The van der Waals surface area contributed by atoms with E-state index in [1.54, 1.807) is 31.5 Å². The highest BCUT2D eigenvalue weighted by Gasteiger charge is 2.60. The molecule has 3 unspecified atom stereocenters. The van der Waals surface area contributed by atoms with E-state index in [4.69, 9.17) is 9.73 Å². The van der Waals surface area contributed by atoms with Crippen molar-refractivity contribution >= 4 is 41.2 Å². The summed E-state index contributed by atoms with van der Waals surface area (Å²) >= 11 is 1.27. The predicted molar refractivity (Wildman–Crippen MR) is 155 cm³/mol. The molecule has 0 saturated carbocycles. The summed E-state index contributed by atoms with van der Waals surface area (Å²) in [5.74, 6) is -6.49. The molecule has 0 bridgehead atoms. The van der Waals surface area contributed by atoms with Gasteiger partial charge in [0.25, 0.3) is 5.92 Å². The van der Waals surface area contributed by atoms with Gasteiger partial charge < -0.3 is 15.2 Å². The standard InChI is InChI=1S/C29H31F3N6O5S/c1-5-43-26(40)21-18(35-24(25-33-9-10-44-25)36-22(21)16-7-6-8-17(30)15(16)2)13-37-14-29(31,32)23-19(37)12-34-38(23)20(39)11-28(3,4)27(41)42/h6-10,12,19,22-23H,5,11,13-14H2,1-4H3,(H,35,36)(H,41,42). The SMILES string of the molecule is CCOC(=O)C1=C(CN2CC(F)(F)C3C2C=NN3C(=O)CC(C)(C)C(=O)O)NC(c2nccs2)=NC1c1cccc(F)c1C. The molecule has 15 heteroatoms. The molecule has 0 radical (unpaired) electrons. The number of benzene rings is 1. The van der Waals surface area contributed by atoms with E-state index >= 15 is 8.78 Å². The number of rotatable bonds is 9. The van der Waals surface area contributed by atoms with Gasteiger partial charge in [0.05, 0.1) is 30.2 Å². The van der Waals surface area contributed by atoms with Crippen LogP contribution in [0.2, 0.25) is 0 Å². The number of thiazole rings is 1. The van der Waals surface area contributed by atoms with Gasteiger partial charge in [-0.2, -0.15) is 5.10 Å². The van der Waals surface area contributed by atoms with E-state index in [-0.39, 0.29) is 35.8 Å². The minimum atomic E-state index is -3.42. The molecule has 234 valence electrons. The molecule has 1 aromatic heterocycles. The molecule has 0 spiro atoms. The van der Waals surface area contributed by atoms with Crippen LogP contribution in [0.4, 0.5) is 13.2 Å². The number of carbonyl (C=O) groups is 3. The number of carboxylic acids is 1. The van der Waals surface area contributed by atoms with Gasteiger partial charge in [0.2, 0.25) is 5.91 Å². The number of hydrazone groups is 1. The van der Waals surface area contributed by atoms with Crippen molar-refractivity contribution in [2.75, 3.05) is 19.7 Å². The summed E-state index contributed by atoms with van der Waals surface area (Å²) in [6.45, 7) is 4.87. The average Bonchev–Trinajstić information content (AvgIpc) is 3.69. The summed E-state index contributed by atoms with van der Waals surface area (Å²) in [4.78, 5) is 48.4. The Labute approximate surface area is 255 Å². The monoisotopic (exact) mass is 632 g/mol. The first-order valence-corrected chi connectivity index (χ1v) is 14.7. The van der Waals surface area contributed by atoms with Crippen LogP contribution in [0.5, 0.6) is 0 Å². The number of halogens is 3. The lowest BCUT2D eigenvalue weighted by Gasteiger charge is -2.31. The van der Waals surface area contributed by atoms with Crippen LogP contribution in [0.3, 0.4) is 0 Å². The first-order valence-electron chi connectivity index (χ1n) is 13.9. The zero-order chi connectivity index (χ0) is 32.0. The highest BCUT2D eigenvalue weighted by atomic mass is 32.1. The van der Waals surface area contributed by atoms with Crippen LogP contribution in [-0.2, 0) is 19.1 Å². The maximum Gasteiger partial charge on any atom is 0.338 e. The molecule has 1 aromatic carbocycles. The largest absolute Gasteiger partial charge is 0.481 e. The summed E-state index contributed by atoms with van der Waals surface area (Å²) in [6.07, 6.45) is 2.27. The van der Waals surface area contributed by atoms with Crippen molar-refractivity contribution in [1.29, 1.82) is 0 Å². The van der Waals surface area contributed by atoms with Gasteiger partial charge in [0.1, 0.15) is 17.9 Å². The molecule has 11 nitrogen and oxygen atoms in total. The summed E-state index contributed by atoms with van der Waals surface area (Å²) in [6, 6.07) is 0.668. The molecule has 1 amide bonds. The van der Waals surface area contributed by atoms with Crippen molar-refractivity contribution < 1.29 is 37.4 Å². The van der Waals surface area contributed by atoms with Crippen molar-refractivity contribution in [1.82, 2.24) is 20.2 Å². The van der Waals surface area contributed by atoms with Gasteiger partial charge in [-0.1, -0.05) is 12.1 Å². The normalized spacial score (nSPS) is 22.9. The number of hydrogen-bond donors (Lipinski definition) is 2. The third-order valence-corrected chi connectivity index (χ3v) is 8.63. The van der Waals surface area contributed by atoms with Crippen LogP contribution in [-0.4, -0.2) is 87.6 Å². The second-order valence-electron chi connectivity index (χ2n) is 11.4.